The van der Waals surface area contributed by atoms with Crippen molar-refractivity contribution >= 4 is 39.1 Å². The molecule has 1 N–H and O–H groups in total. The first-order chi connectivity index (χ1) is 8.13. The highest BCUT2D eigenvalue weighted by molar-refractivity contribution is 9.10. The second kappa shape index (κ2) is 7.69. The first kappa shape index (κ1) is 14.5. The van der Waals surface area contributed by atoms with Crippen molar-refractivity contribution < 1.29 is 9.53 Å². The van der Waals surface area contributed by atoms with Crippen molar-refractivity contribution in [2.24, 2.45) is 0 Å². The molecule has 0 saturated heterocycles. The lowest BCUT2D eigenvalue weighted by molar-refractivity contribution is -0.117. The highest BCUT2D eigenvalue weighted by atomic mass is 79.9. The van der Waals surface area contributed by atoms with Crippen LogP contribution in [0.25, 0.3) is 0 Å². The van der Waals surface area contributed by atoms with Crippen molar-refractivity contribution in [3.63, 3.8) is 0 Å². The maximum atomic E-state index is 11.6. The van der Waals surface area contributed by atoms with Crippen LogP contribution in [0, 0.1) is 0 Å². The summed E-state index contributed by atoms with van der Waals surface area (Å²) < 4.78 is 6.02. The van der Waals surface area contributed by atoms with E-state index in [1.54, 1.807) is 18.2 Å². The molecule has 0 aliphatic heterocycles. The van der Waals surface area contributed by atoms with Gasteiger partial charge >= 0.3 is 0 Å². The van der Waals surface area contributed by atoms with Gasteiger partial charge < -0.3 is 10.1 Å². The molecule has 0 aliphatic carbocycles. The van der Waals surface area contributed by atoms with Crippen LogP contribution in [0.3, 0.4) is 0 Å². The quantitative estimate of drug-likeness (QED) is 0.808. The Morgan fingerprint density at radius 2 is 2.24 bits per heavy atom. The number of ether oxygens (including phenoxy) is 1. The Balaban J connectivity index is 2.40. The third kappa shape index (κ3) is 5.52. The maximum absolute atomic E-state index is 11.6. The van der Waals surface area contributed by atoms with E-state index in [0.29, 0.717) is 24.7 Å². The minimum absolute atomic E-state index is 0.0656. The number of hydrogen-bond acceptors (Lipinski definition) is 2. The summed E-state index contributed by atoms with van der Waals surface area (Å²) in [5.74, 6) is -0.0656. The van der Waals surface area contributed by atoms with Gasteiger partial charge in [-0.3, -0.25) is 4.79 Å². The predicted octanol–water partition coefficient (Wildman–Crippen LogP) is 3.86. The number of halogens is 2. The van der Waals surface area contributed by atoms with Gasteiger partial charge in [0.2, 0.25) is 5.91 Å². The fraction of sp³-hybridized carbons (Fsp3) is 0.417. The second-order valence-corrected chi connectivity index (χ2v) is 4.83. The van der Waals surface area contributed by atoms with Gasteiger partial charge in [0.1, 0.15) is 0 Å². The average Bonchev–Trinajstić information content (AvgIpc) is 2.28. The molecule has 0 unspecified atom stereocenters. The lowest BCUT2D eigenvalue weighted by Gasteiger charge is -2.07. The van der Waals surface area contributed by atoms with Gasteiger partial charge in [-0.25, -0.2) is 0 Å². The molecule has 0 spiro atoms. The zero-order valence-electron chi connectivity index (χ0n) is 9.63. The molecule has 0 aromatic heterocycles. The Morgan fingerprint density at radius 3 is 2.88 bits per heavy atom. The van der Waals surface area contributed by atoms with Gasteiger partial charge in [-0.05, 0) is 40.5 Å². The lowest BCUT2D eigenvalue weighted by Crippen LogP contribution is -2.14. The first-order valence-corrected chi connectivity index (χ1v) is 6.63. The summed E-state index contributed by atoms with van der Waals surface area (Å²) in [5, 5.41) is 3.42. The third-order valence-electron chi connectivity index (χ3n) is 2.03. The van der Waals surface area contributed by atoms with E-state index < -0.39 is 0 Å². The molecule has 1 rings (SSSR count). The van der Waals surface area contributed by atoms with Crippen molar-refractivity contribution in [2.45, 2.75) is 19.8 Å². The molecule has 5 heteroatoms. The zero-order chi connectivity index (χ0) is 12.7. The summed E-state index contributed by atoms with van der Waals surface area (Å²) in [6.45, 7) is 3.17. The summed E-state index contributed by atoms with van der Waals surface area (Å²) in [6, 6.07) is 5.23. The molecule has 17 heavy (non-hydrogen) atoms. The highest BCUT2D eigenvalue weighted by Gasteiger charge is 2.05. The molecule has 0 saturated carbocycles. The molecule has 0 fully saturated rings. The Labute approximate surface area is 115 Å². The van der Waals surface area contributed by atoms with E-state index in [2.05, 4.69) is 21.2 Å². The summed E-state index contributed by atoms with van der Waals surface area (Å²) >= 11 is 9.15. The SMILES string of the molecule is CCCOCCC(=O)Nc1ccc(Cl)cc1Br. The predicted molar refractivity (Wildman–Crippen MR) is 73.5 cm³/mol. The van der Waals surface area contributed by atoms with Gasteiger partial charge in [0.05, 0.1) is 18.7 Å². The summed E-state index contributed by atoms with van der Waals surface area (Å²) in [5.41, 5.74) is 0.717. The second-order valence-electron chi connectivity index (χ2n) is 3.53. The third-order valence-corrected chi connectivity index (χ3v) is 2.92. The smallest absolute Gasteiger partial charge is 0.226 e. The molecule has 94 valence electrons. The molecular weight excluding hydrogens is 305 g/mol. The fourth-order valence-electron chi connectivity index (χ4n) is 1.21. The fourth-order valence-corrected chi connectivity index (χ4v) is 2.00. The Hall–Kier alpha value is -0.580. The summed E-state index contributed by atoms with van der Waals surface area (Å²) in [7, 11) is 0. The van der Waals surface area contributed by atoms with Crippen LogP contribution in [0.4, 0.5) is 5.69 Å². The number of hydrogen-bond donors (Lipinski definition) is 1. The number of carbonyl (C=O) groups is 1. The monoisotopic (exact) mass is 319 g/mol. The van der Waals surface area contributed by atoms with Crippen LogP contribution in [0.1, 0.15) is 19.8 Å². The van der Waals surface area contributed by atoms with Crippen LogP contribution in [-0.4, -0.2) is 19.1 Å². The normalized spacial score (nSPS) is 10.3. The van der Waals surface area contributed by atoms with Gasteiger partial charge in [0, 0.05) is 16.1 Å². The number of anilines is 1. The van der Waals surface area contributed by atoms with Crippen LogP contribution in [0.5, 0.6) is 0 Å². The van der Waals surface area contributed by atoms with E-state index in [0.717, 1.165) is 16.6 Å². The van der Waals surface area contributed by atoms with Crippen LogP contribution in [0.15, 0.2) is 22.7 Å². The van der Waals surface area contributed by atoms with Crippen molar-refractivity contribution in [1.29, 1.82) is 0 Å². The molecule has 0 radical (unpaired) electrons. The van der Waals surface area contributed by atoms with Crippen LogP contribution < -0.4 is 5.32 Å². The molecule has 0 bridgehead atoms. The van der Waals surface area contributed by atoms with Gasteiger partial charge in [0.15, 0.2) is 0 Å². The average molecular weight is 321 g/mol. The van der Waals surface area contributed by atoms with Crippen molar-refractivity contribution in [2.75, 3.05) is 18.5 Å². The van der Waals surface area contributed by atoms with Crippen molar-refractivity contribution in [3.05, 3.63) is 27.7 Å². The van der Waals surface area contributed by atoms with Crippen molar-refractivity contribution in [1.82, 2.24) is 0 Å². The largest absolute Gasteiger partial charge is 0.381 e. The van der Waals surface area contributed by atoms with Gasteiger partial charge in [0.25, 0.3) is 0 Å². The Bertz CT molecular complexity index is 385. The standard InChI is InChI=1S/C12H15BrClNO2/c1-2-6-17-7-5-12(16)15-11-4-3-9(14)8-10(11)13/h3-4,8H,2,5-7H2,1H3,(H,15,16). The van der Waals surface area contributed by atoms with Crippen LogP contribution in [-0.2, 0) is 9.53 Å². The molecule has 1 amide bonds. The molecule has 1 aromatic carbocycles. The zero-order valence-corrected chi connectivity index (χ0v) is 12.0. The van der Waals surface area contributed by atoms with Gasteiger partial charge in [-0.1, -0.05) is 18.5 Å². The molecular formula is C12H15BrClNO2. The molecule has 0 heterocycles. The minimum atomic E-state index is -0.0656. The van der Waals surface area contributed by atoms with E-state index in [4.69, 9.17) is 16.3 Å². The minimum Gasteiger partial charge on any atom is -0.381 e. The number of carbonyl (C=O) groups excluding carboxylic acids is 1. The number of nitrogens with one attached hydrogen (secondary N) is 1. The maximum Gasteiger partial charge on any atom is 0.226 e. The number of amides is 1. The van der Waals surface area contributed by atoms with E-state index in [1.165, 1.54) is 0 Å². The van der Waals surface area contributed by atoms with E-state index in [1.807, 2.05) is 6.92 Å². The molecule has 1 aromatic rings. The topological polar surface area (TPSA) is 38.3 Å². The number of rotatable bonds is 6. The van der Waals surface area contributed by atoms with E-state index in [9.17, 15) is 4.79 Å². The van der Waals surface area contributed by atoms with E-state index in [-0.39, 0.29) is 5.91 Å². The van der Waals surface area contributed by atoms with Crippen LogP contribution in [0.2, 0.25) is 5.02 Å². The van der Waals surface area contributed by atoms with Gasteiger partial charge in [-0.2, -0.15) is 0 Å². The number of benzene rings is 1. The first-order valence-electron chi connectivity index (χ1n) is 5.46. The lowest BCUT2D eigenvalue weighted by atomic mass is 10.3. The summed E-state index contributed by atoms with van der Waals surface area (Å²) in [4.78, 5) is 11.6. The van der Waals surface area contributed by atoms with Crippen LogP contribution >= 0.6 is 27.5 Å². The van der Waals surface area contributed by atoms with E-state index >= 15 is 0 Å². The highest BCUT2D eigenvalue weighted by Crippen LogP contribution is 2.25. The molecule has 0 atom stereocenters. The molecule has 3 nitrogen and oxygen atoms in total. The molecule has 0 aliphatic rings. The Morgan fingerprint density at radius 1 is 1.47 bits per heavy atom. The summed E-state index contributed by atoms with van der Waals surface area (Å²) in [6.07, 6.45) is 1.32. The van der Waals surface area contributed by atoms with Gasteiger partial charge in [-0.15, -0.1) is 0 Å². The van der Waals surface area contributed by atoms with Crippen molar-refractivity contribution in [3.8, 4) is 0 Å². The Kier molecular flexibility index (Phi) is 6.55.